The smallest absolute Gasteiger partial charge is 0.297 e. The Balaban J connectivity index is 1.19. The molecule has 3 aromatic carbocycles. The lowest BCUT2D eigenvalue weighted by Gasteiger charge is -2.42. The highest BCUT2D eigenvalue weighted by molar-refractivity contribution is 7.86. The van der Waals surface area contributed by atoms with Crippen LogP contribution in [0.2, 0.25) is 0 Å². The van der Waals surface area contributed by atoms with Crippen molar-refractivity contribution in [3.8, 4) is 5.75 Å². The standard InChI is InChI=1S/C30H35NO5S/c1-22-10-12-26(13-11-22)37(33,34)36-19-18-35-30-9-5-8-25-20-29(32)28(21-27(25)30)31-16-14-24(15-17-31)23-6-3-2-4-7-23/h2-13,24,28-29,32H,14-21H2,1H3/t28-,29-/m1/s1. The van der Waals surface area contributed by atoms with E-state index in [2.05, 4.69) is 35.2 Å². The van der Waals surface area contributed by atoms with Crippen molar-refractivity contribution in [1.29, 1.82) is 0 Å². The van der Waals surface area contributed by atoms with E-state index in [-0.39, 0.29) is 24.2 Å². The van der Waals surface area contributed by atoms with Crippen molar-refractivity contribution in [3.63, 3.8) is 0 Å². The molecule has 1 N–H and O–H groups in total. The highest BCUT2D eigenvalue weighted by Gasteiger charge is 2.35. The van der Waals surface area contributed by atoms with Gasteiger partial charge in [-0.25, -0.2) is 0 Å². The van der Waals surface area contributed by atoms with Gasteiger partial charge in [-0.3, -0.25) is 9.08 Å². The van der Waals surface area contributed by atoms with Crippen molar-refractivity contribution in [2.45, 2.75) is 55.6 Å². The minimum absolute atomic E-state index is 0.0483. The molecular formula is C30H35NO5S. The Kier molecular flexibility index (Phi) is 7.95. The van der Waals surface area contributed by atoms with Gasteiger partial charge in [0, 0.05) is 12.5 Å². The van der Waals surface area contributed by atoms with Crippen LogP contribution in [0.1, 0.15) is 41.0 Å². The maximum Gasteiger partial charge on any atom is 0.297 e. The van der Waals surface area contributed by atoms with E-state index in [1.165, 1.54) is 5.56 Å². The third kappa shape index (κ3) is 6.07. The van der Waals surface area contributed by atoms with Crippen LogP contribution in [0, 0.1) is 6.92 Å². The highest BCUT2D eigenvalue weighted by atomic mass is 32.2. The van der Waals surface area contributed by atoms with Crippen molar-refractivity contribution in [2.75, 3.05) is 26.3 Å². The summed E-state index contributed by atoms with van der Waals surface area (Å²) in [7, 11) is -3.82. The lowest BCUT2D eigenvalue weighted by molar-refractivity contribution is 0.0288. The summed E-state index contributed by atoms with van der Waals surface area (Å²) < 4.78 is 36.1. The molecule has 5 rings (SSSR count). The molecule has 1 saturated heterocycles. The summed E-state index contributed by atoms with van der Waals surface area (Å²) in [6.45, 7) is 3.88. The Morgan fingerprint density at radius 3 is 2.35 bits per heavy atom. The number of hydrogen-bond acceptors (Lipinski definition) is 6. The molecule has 6 nitrogen and oxygen atoms in total. The largest absolute Gasteiger partial charge is 0.491 e. The van der Waals surface area contributed by atoms with Crippen LogP contribution in [0.5, 0.6) is 5.75 Å². The van der Waals surface area contributed by atoms with E-state index in [1.54, 1.807) is 24.3 Å². The van der Waals surface area contributed by atoms with Crippen molar-refractivity contribution < 1.29 is 22.4 Å². The summed E-state index contributed by atoms with van der Waals surface area (Å²) >= 11 is 0. The van der Waals surface area contributed by atoms with Crippen molar-refractivity contribution in [3.05, 3.63) is 95.1 Å². The Labute approximate surface area is 220 Å². The first-order valence-electron chi connectivity index (χ1n) is 13.1. The van der Waals surface area contributed by atoms with Crippen LogP contribution in [0.3, 0.4) is 0 Å². The number of likely N-dealkylation sites (tertiary alicyclic amines) is 1. The summed E-state index contributed by atoms with van der Waals surface area (Å²) in [5.74, 6) is 1.31. The fourth-order valence-corrected chi connectivity index (χ4v) is 6.50. The zero-order valence-electron chi connectivity index (χ0n) is 21.3. The highest BCUT2D eigenvalue weighted by Crippen LogP contribution is 2.35. The fraction of sp³-hybridized carbons (Fsp3) is 0.400. The molecule has 0 unspecified atom stereocenters. The van der Waals surface area contributed by atoms with Crippen LogP contribution in [0.4, 0.5) is 0 Å². The molecule has 37 heavy (non-hydrogen) atoms. The SMILES string of the molecule is Cc1ccc(S(=O)(=O)OCCOc2cccc3c2C[C@@H](N2CCC(c4ccccc4)CC2)[C@H](O)C3)cc1. The number of aliphatic hydroxyl groups excluding tert-OH is 1. The topological polar surface area (TPSA) is 76.1 Å². The quantitative estimate of drug-likeness (QED) is 0.348. The van der Waals surface area contributed by atoms with Gasteiger partial charge in [0.05, 0.1) is 11.0 Å². The lowest BCUT2D eigenvalue weighted by atomic mass is 9.82. The number of benzene rings is 3. The monoisotopic (exact) mass is 521 g/mol. The van der Waals surface area contributed by atoms with Crippen LogP contribution in [0.25, 0.3) is 0 Å². The van der Waals surface area contributed by atoms with Gasteiger partial charge in [0.2, 0.25) is 0 Å². The number of aryl methyl sites for hydroxylation is 1. The van der Waals surface area contributed by atoms with E-state index in [1.807, 2.05) is 25.1 Å². The predicted octanol–water partition coefficient (Wildman–Crippen LogP) is 4.49. The second-order valence-electron chi connectivity index (χ2n) is 10.1. The molecule has 7 heteroatoms. The number of hydrogen-bond donors (Lipinski definition) is 1. The summed E-state index contributed by atoms with van der Waals surface area (Å²) in [5, 5.41) is 11.0. The average molecular weight is 522 g/mol. The third-order valence-corrected chi connectivity index (χ3v) is 9.00. The van der Waals surface area contributed by atoms with E-state index < -0.39 is 16.2 Å². The molecule has 2 aliphatic rings. The second-order valence-corrected chi connectivity index (χ2v) is 11.7. The van der Waals surface area contributed by atoms with Crippen molar-refractivity contribution in [2.24, 2.45) is 0 Å². The molecule has 1 heterocycles. The van der Waals surface area contributed by atoms with E-state index in [9.17, 15) is 13.5 Å². The number of rotatable bonds is 8. The van der Waals surface area contributed by atoms with E-state index in [4.69, 9.17) is 8.92 Å². The molecule has 196 valence electrons. The molecule has 0 spiro atoms. The summed E-state index contributed by atoms with van der Waals surface area (Å²) in [6.07, 6.45) is 3.06. The van der Waals surface area contributed by atoms with Crippen LogP contribution in [0.15, 0.2) is 77.7 Å². The predicted molar refractivity (Wildman–Crippen MR) is 143 cm³/mol. The van der Waals surface area contributed by atoms with E-state index in [0.29, 0.717) is 18.8 Å². The van der Waals surface area contributed by atoms with Crippen LogP contribution in [-0.2, 0) is 27.1 Å². The normalized spacial score (nSPS) is 20.9. The average Bonchev–Trinajstić information content (AvgIpc) is 2.91. The first-order chi connectivity index (χ1) is 17.9. The summed E-state index contributed by atoms with van der Waals surface area (Å²) in [5.41, 5.74) is 4.58. The van der Waals surface area contributed by atoms with Gasteiger partial charge in [0.15, 0.2) is 0 Å². The zero-order valence-corrected chi connectivity index (χ0v) is 22.1. The molecule has 1 aliphatic heterocycles. The first-order valence-corrected chi connectivity index (χ1v) is 14.5. The molecule has 0 bridgehead atoms. The van der Waals surface area contributed by atoms with Gasteiger partial charge in [0.1, 0.15) is 19.0 Å². The van der Waals surface area contributed by atoms with Gasteiger partial charge in [-0.15, -0.1) is 0 Å². The van der Waals surface area contributed by atoms with Crippen LogP contribution < -0.4 is 4.74 Å². The second kappa shape index (κ2) is 11.4. The van der Waals surface area contributed by atoms with E-state index >= 15 is 0 Å². The molecule has 0 aromatic heterocycles. The van der Waals surface area contributed by atoms with Gasteiger partial charge in [-0.2, -0.15) is 8.42 Å². The molecule has 0 saturated carbocycles. The summed E-state index contributed by atoms with van der Waals surface area (Å²) in [4.78, 5) is 2.57. The van der Waals surface area contributed by atoms with Gasteiger partial charge in [-0.1, -0.05) is 60.2 Å². The Morgan fingerprint density at radius 1 is 0.892 bits per heavy atom. The van der Waals surface area contributed by atoms with Gasteiger partial charge < -0.3 is 9.84 Å². The van der Waals surface area contributed by atoms with Gasteiger partial charge >= 0.3 is 0 Å². The molecule has 0 amide bonds. The summed E-state index contributed by atoms with van der Waals surface area (Å²) in [6, 6.07) is 23.2. The Bertz CT molecular complexity index is 1290. The molecule has 2 atom stereocenters. The molecular weight excluding hydrogens is 486 g/mol. The van der Waals surface area contributed by atoms with Crippen LogP contribution >= 0.6 is 0 Å². The van der Waals surface area contributed by atoms with Gasteiger partial charge in [0.25, 0.3) is 10.1 Å². The Hall–Kier alpha value is -2.71. The third-order valence-electron chi connectivity index (χ3n) is 7.68. The van der Waals surface area contributed by atoms with Crippen molar-refractivity contribution >= 4 is 10.1 Å². The van der Waals surface area contributed by atoms with Gasteiger partial charge in [-0.05, 0) is 80.1 Å². The molecule has 1 aliphatic carbocycles. The minimum atomic E-state index is -3.82. The van der Waals surface area contributed by atoms with Crippen molar-refractivity contribution in [1.82, 2.24) is 4.90 Å². The number of aliphatic hydroxyl groups is 1. The first kappa shape index (κ1) is 25.9. The van der Waals surface area contributed by atoms with Crippen LogP contribution in [-0.4, -0.2) is 56.9 Å². The minimum Gasteiger partial charge on any atom is -0.491 e. The molecule has 3 aromatic rings. The maximum atomic E-state index is 12.4. The van der Waals surface area contributed by atoms with E-state index in [0.717, 1.165) is 48.4 Å². The number of ether oxygens (including phenoxy) is 1. The molecule has 1 fully saturated rings. The number of fused-ring (bicyclic) bond motifs is 1. The lowest BCUT2D eigenvalue weighted by Crippen LogP contribution is -2.51. The molecule has 0 radical (unpaired) electrons. The maximum absolute atomic E-state index is 12.4. The Morgan fingerprint density at radius 2 is 1.62 bits per heavy atom. The number of nitrogens with zero attached hydrogens (tertiary/aromatic N) is 1. The number of piperidine rings is 1. The zero-order chi connectivity index (χ0) is 25.8. The fourth-order valence-electron chi connectivity index (χ4n) is 5.61.